The number of benzene rings is 2. The lowest BCUT2D eigenvalue weighted by molar-refractivity contribution is -0.0769. The summed E-state index contributed by atoms with van der Waals surface area (Å²) in [5, 5.41) is 46.3. The lowest BCUT2D eigenvalue weighted by atomic mass is 9.66. The molecule has 1 aromatic heterocycles. The second-order valence-electron chi connectivity index (χ2n) is 9.66. The van der Waals surface area contributed by atoms with Gasteiger partial charge in [0.2, 0.25) is 0 Å². The van der Waals surface area contributed by atoms with Gasteiger partial charge >= 0.3 is 0 Å². The van der Waals surface area contributed by atoms with E-state index in [9.17, 15) is 24.8 Å². The van der Waals surface area contributed by atoms with E-state index < -0.39 is 11.7 Å². The maximum Gasteiger partial charge on any atom is 0.157 e. The maximum atomic E-state index is 14.5. The molecule has 1 saturated heterocycles. The van der Waals surface area contributed by atoms with Crippen molar-refractivity contribution in [2.75, 3.05) is 6.54 Å². The molecule has 0 radical (unpaired) electrons. The highest BCUT2D eigenvalue weighted by Gasteiger charge is 2.50. The Morgan fingerprint density at radius 3 is 2.78 bits per heavy atom. The second-order valence-corrected chi connectivity index (χ2v) is 9.66. The Bertz CT molecular complexity index is 1240. The Morgan fingerprint density at radius 1 is 1.12 bits per heavy atom. The van der Waals surface area contributed by atoms with Crippen molar-refractivity contribution in [2.24, 2.45) is 5.92 Å². The molecule has 2 aromatic carbocycles. The fourth-order valence-electron chi connectivity index (χ4n) is 6.33. The van der Waals surface area contributed by atoms with E-state index in [1.807, 2.05) is 0 Å². The molecular weight excluding hydrogens is 411 g/mol. The van der Waals surface area contributed by atoms with Gasteiger partial charge in [0, 0.05) is 35.7 Å². The van der Waals surface area contributed by atoms with E-state index in [-0.39, 0.29) is 29.3 Å². The summed E-state index contributed by atoms with van der Waals surface area (Å²) in [6.45, 7) is 1.49. The number of aliphatic hydroxyl groups is 2. The fourth-order valence-corrected chi connectivity index (χ4v) is 6.33. The van der Waals surface area contributed by atoms with Crippen LogP contribution in [0.1, 0.15) is 41.3 Å². The largest absolute Gasteiger partial charge is 0.504 e. The standard InChI is InChI=1S/C25H27FN2O4/c26-15-10-16-18-12-25(32)14(9-19(18)28-6-4-20(29)17(11-15)24(16)28)3-5-27-23(25)8-13-1-2-21(30)22(31)7-13/h1-2,7,10-11,14,20,23,27,29-32H,3-6,8-9,12H2. The normalized spacial score (nSPS) is 29.0. The molecule has 5 N–H and O–H groups in total. The summed E-state index contributed by atoms with van der Waals surface area (Å²) in [7, 11) is 0. The van der Waals surface area contributed by atoms with E-state index in [4.69, 9.17) is 0 Å². The number of rotatable bonds is 2. The van der Waals surface area contributed by atoms with Crippen LogP contribution in [0.5, 0.6) is 11.5 Å². The molecule has 7 heteroatoms. The Balaban J connectivity index is 1.44. The zero-order valence-corrected chi connectivity index (χ0v) is 17.7. The van der Waals surface area contributed by atoms with Crippen LogP contribution < -0.4 is 5.32 Å². The Labute approximate surface area is 184 Å². The van der Waals surface area contributed by atoms with Crippen molar-refractivity contribution in [3.05, 3.63) is 58.5 Å². The van der Waals surface area contributed by atoms with Crippen LogP contribution >= 0.6 is 0 Å². The summed E-state index contributed by atoms with van der Waals surface area (Å²) in [6.07, 6.45) is 2.38. The number of nitrogens with one attached hydrogen (secondary N) is 1. The molecule has 32 heavy (non-hydrogen) atoms. The van der Waals surface area contributed by atoms with Crippen LogP contribution in [-0.4, -0.2) is 43.2 Å². The summed E-state index contributed by atoms with van der Waals surface area (Å²) in [5.74, 6) is -0.633. The lowest BCUT2D eigenvalue weighted by Gasteiger charge is -2.49. The number of phenolic OH excluding ortho intramolecular Hbond substituents is 2. The highest BCUT2D eigenvalue weighted by molar-refractivity contribution is 5.89. The number of piperidine rings is 1. The van der Waals surface area contributed by atoms with Gasteiger partial charge in [-0.15, -0.1) is 0 Å². The van der Waals surface area contributed by atoms with Crippen molar-refractivity contribution >= 4 is 10.9 Å². The number of aromatic hydroxyl groups is 2. The van der Waals surface area contributed by atoms with Gasteiger partial charge in [-0.25, -0.2) is 4.39 Å². The van der Waals surface area contributed by atoms with Gasteiger partial charge in [-0.1, -0.05) is 6.07 Å². The quantitative estimate of drug-likeness (QED) is 0.397. The molecular formula is C25H27FN2O4. The van der Waals surface area contributed by atoms with Gasteiger partial charge < -0.3 is 30.3 Å². The number of halogens is 1. The van der Waals surface area contributed by atoms with Gasteiger partial charge in [0.25, 0.3) is 0 Å². The Kier molecular flexibility index (Phi) is 4.35. The van der Waals surface area contributed by atoms with Gasteiger partial charge in [-0.05, 0) is 73.5 Å². The number of aromatic nitrogens is 1. The topological polar surface area (TPSA) is 97.9 Å². The summed E-state index contributed by atoms with van der Waals surface area (Å²) in [6, 6.07) is 7.51. The van der Waals surface area contributed by atoms with Crippen molar-refractivity contribution in [1.29, 1.82) is 0 Å². The molecule has 4 unspecified atom stereocenters. The molecule has 3 heterocycles. The van der Waals surface area contributed by atoms with Gasteiger partial charge in [0.1, 0.15) is 5.82 Å². The smallest absolute Gasteiger partial charge is 0.157 e. The molecule has 0 spiro atoms. The molecule has 0 bridgehead atoms. The van der Waals surface area contributed by atoms with Gasteiger partial charge in [-0.2, -0.15) is 0 Å². The van der Waals surface area contributed by atoms with Gasteiger partial charge in [0.15, 0.2) is 11.5 Å². The van der Waals surface area contributed by atoms with Crippen molar-refractivity contribution in [3.63, 3.8) is 0 Å². The van der Waals surface area contributed by atoms with Gasteiger partial charge in [-0.3, -0.25) is 0 Å². The average Bonchev–Trinajstić information content (AvgIpc) is 3.05. The first-order chi connectivity index (χ1) is 15.3. The molecule has 4 atom stereocenters. The molecule has 6 nitrogen and oxygen atoms in total. The van der Waals surface area contributed by atoms with Gasteiger partial charge in [0.05, 0.1) is 17.2 Å². The third kappa shape index (κ3) is 2.81. The molecule has 6 rings (SSSR count). The minimum absolute atomic E-state index is 0.0627. The van der Waals surface area contributed by atoms with Crippen molar-refractivity contribution in [2.45, 2.75) is 56.4 Å². The van der Waals surface area contributed by atoms with Crippen LogP contribution in [0.4, 0.5) is 4.39 Å². The maximum absolute atomic E-state index is 14.5. The van der Waals surface area contributed by atoms with E-state index >= 15 is 0 Å². The van der Waals surface area contributed by atoms with Crippen LogP contribution in [0, 0.1) is 11.7 Å². The molecule has 0 saturated carbocycles. The minimum Gasteiger partial charge on any atom is -0.504 e. The van der Waals surface area contributed by atoms with Crippen molar-refractivity contribution in [3.8, 4) is 11.5 Å². The molecule has 1 fully saturated rings. The van der Waals surface area contributed by atoms with Crippen molar-refractivity contribution < 1.29 is 24.8 Å². The zero-order chi connectivity index (χ0) is 22.2. The van der Waals surface area contributed by atoms with E-state index in [2.05, 4.69) is 9.88 Å². The lowest BCUT2D eigenvalue weighted by Crippen LogP contribution is -2.63. The molecule has 0 amide bonds. The Hall–Kier alpha value is -2.61. The molecule has 3 aromatic rings. The third-order valence-electron chi connectivity index (χ3n) is 7.93. The van der Waals surface area contributed by atoms with E-state index in [0.29, 0.717) is 31.4 Å². The summed E-state index contributed by atoms with van der Waals surface area (Å²) in [4.78, 5) is 0. The number of phenols is 2. The Morgan fingerprint density at radius 2 is 1.97 bits per heavy atom. The SMILES string of the molecule is Oc1ccc(CC2NCCC3Cc4c(c5cc(F)cc6c5n4CCC6O)CC32O)cc1O. The van der Waals surface area contributed by atoms with Crippen LogP contribution in [0.3, 0.4) is 0 Å². The van der Waals surface area contributed by atoms with Crippen molar-refractivity contribution in [1.82, 2.24) is 9.88 Å². The molecule has 3 aliphatic rings. The van der Waals surface area contributed by atoms with E-state index in [1.165, 1.54) is 18.2 Å². The summed E-state index contributed by atoms with van der Waals surface area (Å²) < 4.78 is 16.7. The summed E-state index contributed by atoms with van der Waals surface area (Å²) >= 11 is 0. The highest BCUT2D eigenvalue weighted by atomic mass is 19.1. The fraction of sp³-hybridized carbons (Fsp3) is 0.440. The number of hydrogen-bond donors (Lipinski definition) is 5. The van der Waals surface area contributed by atoms with Crippen LogP contribution in [-0.2, 0) is 25.8 Å². The van der Waals surface area contributed by atoms with E-state index in [1.54, 1.807) is 12.1 Å². The molecule has 2 aliphatic heterocycles. The molecule has 1 aliphatic carbocycles. The zero-order valence-electron chi connectivity index (χ0n) is 17.7. The number of nitrogens with zero attached hydrogens (tertiary/aromatic N) is 1. The monoisotopic (exact) mass is 438 g/mol. The van der Waals surface area contributed by atoms with E-state index in [0.717, 1.165) is 47.1 Å². The predicted octanol–water partition coefficient (Wildman–Crippen LogP) is 2.68. The van der Waals surface area contributed by atoms with Crippen LogP contribution in [0.15, 0.2) is 30.3 Å². The summed E-state index contributed by atoms with van der Waals surface area (Å²) in [5.41, 5.74) is 3.51. The first-order valence-electron chi connectivity index (χ1n) is 11.3. The third-order valence-corrected chi connectivity index (χ3v) is 7.93. The highest BCUT2D eigenvalue weighted by Crippen LogP contribution is 2.47. The minimum atomic E-state index is -1.02. The van der Waals surface area contributed by atoms with Crippen LogP contribution in [0.2, 0.25) is 0 Å². The second kappa shape index (κ2) is 6.94. The number of fused-ring (bicyclic) bond motifs is 4. The molecule has 168 valence electrons. The number of hydrogen-bond acceptors (Lipinski definition) is 5. The first-order valence-corrected chi connectivity index (χ1v) is 11.3. The first kappa shape index (κ1) is 20.0. The number of aryl methyl sites for hydroxylation is 1. The predicted molar refractivity (Wildman–Crippen MR) is 117 cm³/mol. The average molecular weight is 438 g/mol. The number of aliphatic hydroxyl groups excluding tert-OH is 1. The van der Waals surface area contributed by atoms with Crippen LogP contribution in [0.25, 0.3) is 10.9 Å².